The molecular weight excluding hydrogens is 326 g/mol. The van der Waals surface area contributed by atoms with Gasteiger partial charge < -0.3 is 5.32 Å². The zero-order chi connectivity index (χ0) is 17.3. The normalized spacial score (nSPS) is 10.4. The number of nitrogens with one attached hydrogen (secondary N) is 1. The molecule has 25 heavy (non-hydrogen) atoms. The van der Waals surface area contributed by atoms with Gasteiger partial charge in [-0.15, -0.1) is 11.8 Å². The van der Waals surface area contributed by atoms with Gasteiger partial charge in [-0.1, -0.05) is 72.8 Å². The average molecular weight is 347 g/mol. The van der Waals surface area contributed by atoms with Crippen LogP contribution in [0.3, 0.4) is 0 Å². The maximum Gasteiger partial charge on any atom is 0.224 e. The number of thioether (sulfide) groups is 1. The summed E-state index contributed by atoms with van der Waals surface area (Å²) in [6.07, 6.45) is 0.422. The van der Waals surface area contributed by atoms with Crippen molar-refractivity contribution in [2.75, 3.05) is 12.3 Å². The van der Waals surface area contributed by atoms with E-state index in [1.54, 1.807) is 11.8 Å². The van der Waals surface area contributed by atoms with Crippen LogP contribution in [-0.2, 0) is 11.2 Å². The van der Waals surface area contributed by atoms with Gasteiger partial charge >= 0.3 is 0 Å². The number of rotatable bonds is 7. The van der Waals surface area contributed by atoms with Crippen LogP contribution in [0.1, 0.15) is 5.56 Å². The largest absolute Gasteiger partial charge is 0.355 e. The third kappa shape index (κ3) is 5.50. The fraction of sp³-hybridized carbons (Fsp3) is 0.136. The van der Waals surface area contributed by atoms with Crippen molar-refractivity contribution < 1.29 is 4.79 Å². The first-order valence-electron chi connectivity index (χ1n) is 8.40. The third-order valence-electron chi connectivity index (χ3n) is 3.86. The van der Waals surface area contributed by atoms with E-state index in [0.29, 0.717) is 13.0 Å². The van der Waals surface area contributed by atoms with Crippen molar-refractivity contribution in [1.82, 2.24) is 5.32 Å². The van der Waals surface area contributed by atoms with Gasteiger partial charge in [-0.25, -0.2) is 0 Å². The first kappa shape index (κ1) is 17.3. The number of benzene rings is 3. The molecule has 3 heteroatoms. The van der Waals surface area contributed by atoms with E-state index in [1.165, 1.54) is 16.0 Å². The molecule has 0 unspecified atom stereocenters. The fourth-order valence-corrected chi connectivity index (χ4v) is 3.36. The number of hydrogen-bond acceptors (Lipinski definition) is 2. The van der Waals surface area contributed by atoms with Gasteiger partial charge in [0, 0.05) is 17.2 Å². The monoisotopic (exact) mass is 347 g/mol. The van der Waals surface area contributed by atoms with Crippen molar-refractivity contribution in [3.63, 3.8) is 0 Å². The van der Waals surface area contributed by atoms with Gasteiger partial charge in [-0.2, -0.15) is 0 Å². The smallest absolute Gasteiger partial charge is 0.224 e. The summed E-state index contributed by atoms with van der Waals surface area (Å²) in [7, 11) is 0. The van der Waals surface area contributed by atoms with Crippen LogP contribution in [0.4, 0.5) is 0 Å². The van der Waals surface area contributed by atoms with Crippen LogP contribution >= 0.6 is 11.8 Å². The second kappa shape index (κ2) is 9.09. The summed E-state index contributed by atoms with van der Waals surface area (Å²) in [6, 6.07) is 28.7. The van der Waals surface area contributed by atoms with E-state index < -0.39 is 0 Å². The Bertz CT molecular complexity index is 785. The zero-order valence-corrected chi connectivity index (χ0v) is 14.8. The lowest BCUT2D eigenvalue weighted by Gasteiger charge is -2.07. The standard InChI is InChI=1S/C22H21NOS/c24-22(23-15-16-25-21-9-5-2-6-10-21)17-18-11-13-20(14-12-18)19-7-3-1-4-8-19/h1-14H,15-17H2,(H,23,24). The van der Waals surface area contributed by atoms with Gasteiger partial charge in [0.15, 0.2) is 0 Å². The Morgan fingerprint density at radius 1 is 0.760 bits per heavy atom. The highest BCUT2D eigenvalue weighted by Crippen LogP contribution is 2.19. The second-order valence-corrected chi connectivity index (χ2v) is 6.92. The summed E-state index contributed by atoms with van der Waals surface area (Å²) in [5.74, 6) is 0.948. The first-order chi connectivity index (χ1) is 12.3. The number of amides is 1. The van der Waals surface area contributed by atoms with Gasteiger partial charge in [0.05, 0.1) is 6.42 Å². The van der Waals surface area contributed by atoms with Crippen molar-refractivity contribution in [3.05, 3.63) is 90.5 Å². The van der Waals surface area contributed by atoms with E-state index in [4.69, 9.17) is 0 Å². The lowest BCUT2D eigenvalue weighted by Crippen LogP contribution is -2.27. The van der Waals surface area contributed by atoms with Crippen LogP contribution in [0.15, 0.2) is 89.8 Å². The fourth-order valence-electron chi connectivity index (χ4n) is 2.57. The van der Waals surface area contributed by atoms with Crippen molar-refractivity contribution in [1.29, 1.82) is 0 Å². The van der Waals surface area contributed by atoms with Gasteiger partial charge in [0.2, 0.25) is 5.91 Å². The molecule has 0 saturated heterocycles. The minimum absolute atomic E-state index is 0.0705. The molecule has 3 aromatic rings. The minimum Gasteiger partial charge on any atom is -0.355 e. The molecular formula is C22H21NOS. The van der Waals surface area contributed by atoms with Gasteiger partial charge in [-0.05, 0) is 28.8 Å². The molecule has 0 spiro atoms. The van der Waals surface area contributed by atoms with Gasteiger partial charge in [-0.3, -0.25) is 4.79 Å². The van der Waals surface area contributed by atoms with E-state index in [0.717, 1.165) is 11.3 Å². The molecule has 0 atom stereocenters. The van der Waals surface area contributed by atoms with Crippen molar-refractivity contribution >= 4 is 17.7 Å². The molecule has 0 fully saturated rings. The molecule has 3 aromatic carbocycles. The Balaban J connectivity index is 1.43. The number of hydrogen-bond donors (Lipinski definition) is 1. The Morgan fingerprint density at radius 2 is 1.36 bits per heavy atom. The Morgan fingerprint density at radius 3 is 2.04 bits per heavy atom. The van der Waals surface area contributed by atoms with Crippen LogP contribution in [0.2, 0.25) is 0 Å². The molecule has 0 aliphatic heterocycles. The molecule has 0 radical (unpaired) electrons. The number of carbonyl (C=O) groups excluding carboxylic acids is 1. The lowest BCUT2D eigenvalue weighted by molar-refractivity contribution is -0.120. The molecule has 3 rings (SSSR count). The first-order valence-corrected chi connectivity index (χ1v) is 9.39. The predicted octanol–water partition coefficient (Wildman–Crippen LogP) is 4.80. The van der Waals surface area contributed by atoms with Crippen LogP contribution in [0.5, 0.6) is 0 Å². The van der Waals surface area contributed by atoms with Crippen LogP contribution in [-0.4, -0.2) is 18.2 Å². The summed E-state index contributed by atoms with van der Waals surface area (Å²) in [6.45, 7) is 0.681. The average Bonchev–Trinajstić information content (AvgIpc) is 2.67. The van der Waals surface area contributed by atoms with Crippen LogP contribution in [0, 0.1) is 0 Å². The molecule has 0 aliphatic rings. The summed E-state index contributed by atoms with van der Waals surface area (Å²) in [5, 5.41) is 2.99. The molecule has 1 N–H and O–H groups in total. The topological polar surface area (TPSA) is 29.1 Å². The molecule has 0 heterocycles. The summed E-state index contributed by atoms with van der Waals surface area (Å²) in [5.41, 5.74) is 3.40. The highest BCUT2D eigenvalue weighted by molar-refractivity contribution is 7.99. The quantitative estimate of drug-likeness (QED) is 0.491. The Labute approximate surface area is 153 Å². The highest BCUT2D eigenvalue weighted by Gasteiger charge is 2.04. The molecule has 2 nitrogen and oxygen atoms in total. The van der Waals surface area contributed by atoms with E-state index in [-0.39, 0.29) is 5.91 Å². The van der Waals surface area contributed by atoms with E-state index in [9.17, 15) is 4.79 Å². The minimum atomic E-state index is 0.0705. The second-order valence-electron chi connectivity index (χ2n) is 5.75. The zero-order valence-electron chi connectivity index (χ0n) is 14.0. The van der Waals surface area contributed by atoms with E-state index in [2.05, 4.69) is 41.7 Å². The van der Waals surface area contributed by atoms with Gasteiger partial charge in [0.25, 0.3) is 0 Å². The highest BCUT2D eigenvalue weighted by atomic mass is 32.2. The maximum atomic E-state index is 12.1. The predicted molar refractivity (Wildman–Crippen MR) is 106 cm³/mol. The lowest BCUT2D eigenvalue weighted by atomic mass is 10.0. The Hall–Kier alpha value is -2.52. The molecule has 0 aliphatic carbocycles. The SMILES string of the molecule is O=C(Cc1ccc(-c2ccccc2)cc1)NCCSc1ccccc1. The number of carbonyl (C=O) groups is 1. The summed E-state index contributed by atoms with van der Waals surface area (Å²) < 4.78 is 0. The molecule has 0 saturated carbocycles. The Kier molecular flexibility index (Phi) is 6.29. The van der Waals surface area contributed by atoms with Gasteiger partial charge in [0.1, 0.15) is 0 Å². The third-order valence-corrected chi connectivity index (χ3v) is 4.88. The van der Waals surface area contributed by atoms with E-state index >= 15 is 0 Å². The van der Waals surface area contributed by atoms with E-state index in [1.807, 2.05) is 48.5 Å². The maximum absolute atomic E-state index is 12.1. The molecule has 0 aromatic heterocycles. The van der Waals surface area contributed by atoms with Crippen LogP contribution in [0.25, 0.3) is 11.1 Å². The summed E-state index contributed by atoms with van der Waals surface area (Å²) in [4.78, 5) is 13.3. The van der Waals surface area contributed by atoms with Crippen LogP contribution < -0.4 is 5.32 Å². The molecule has 1 amide bonds. The van der Waals surface area contributed by atoms with Crippen molar-refractivity contribution in [2.45, 2.75) is 11.3 Å². The van der Waals surface area contributed by atoms with Crippen molar-refractivity contribution in [2.24, 2.45) is 0 Å². The molecule has 126 valence electrons. The summed E-state index contributed by atoms with van der Waals surface area (Å²) >= 11 is 1.75. The molecule has 0 bridgehead atoms. The van der Waals surface area contributed by atoms with Crippen molar-refractivity contribution in [3.8, 4) is 11.1 Å².